The predicted octanol–water partition coefficient (Wildman–Crippen LogP) is 5.19. The zero-order chi connectivity index (χ0) is 25.1. The number of likely N-dealkylation sites (tertiary alicyclic amines) is 1. The summed E-state index contributed by atoms with van der Waals surface area (Å²) < 4.78 is 29.3. The number of hydrogen-bond acceptors (Lipinski definition) is 5. The highest BCUT2D eigenvalue weighted by Gasteiger charge is 2.29. The van der Waals surface area contributed by atoms with Crippen molar-refractivity contribution in [2.75, 3.05) is 31.5 Å². The maximum Gasteiger partial charge on any atom is 0.241 e. The standard InChI is InChI=1S/C29H34N4O2S/c1-3-33-20-22(18-30-28-17-21(2)32-27-13-7-6-12-26(27)28)15-16-24(33)19-31-36(34,35)29-14-8-10-23-9-4-5-11-25(23)29/h4-14,17,22,24,31H,3,15-16,18-20H2,1-2H3,(H,30,32). The van der Waals surface area contributed by atoms with E-state index in [9.17, 15) is 8.42 Å². The number of pyridine rings is 1. The quantitative estimate of drug-likeness (QED) is 0.347. The van der Waals surface area contributed by atoms with Crippen LogP contribution in [0.2, 0.25) is 0 Å². The monoisotopic (exact) mass is 502 g/mol. The number of aromatic nitrogens is 1. The van der Waals surface area contributed by atoms with Crippen molar-refractivity contribution in [2.45, 2.75) is 37.6 Å². The van der Waals surface area contributed by atoms with Gasteiger partial charge in [0.25, 0.3) is 0 Å². The van der Waals surface area contributed by atoms with Gasteiger partial charge in [0, 0.05) is 47.8 Å². The number of nitrogens with zero attached hydrogens (tertiary/aromatic N) is 2. The molecule has 4 aromatic rings. The molecule has 36 heavy (non-hydrogen) atoms. The molecule has 1 saturated heterocycles. The molecule has 0 bridgehead atoms. The van der Waals surface area contributed by atoms with Gasteiger partial charge in [-0.05, 0) is 55.8 Å². The highest BCUT2D eigenvalue weighted by molar-refractivity contribution is 7.89. The molecule has 3 aromatic carbocycles. The number of para-hydroxylation sites is 1. The van der Waals surface area contributed by atoms with Gasteiger partial charge in [0.15, 0.2) is 0 Å². The zero-order valence-electron chi connectivity index (χ0n) is 20.9. The van der Waals surface area contributed by atoms with Crippen LogP contribution in [-0.2, 0) is 10.0 Å². The van der Waals surface area contributed by atoms with E-state index in [4.69, 9.17) is 0 Å². The van der Waals surface area contributed by atoms with Crippen molar-refractivity contribution in [3.05, 3.63) is 78.5 Å². The van der Waals surface area contributed by atoms with Gasteiger partial charge >= 0.3 is 0 Å². The average Bonchev–Trinajstić information content (AvgIpc) is 2.90. The third-order valence-electron chi connectivity index (χ3n) is 7.30. The van der Waals surface area contributed by atoms with Gasteiger partial charge in [-0.2, -0.15) is 0 Å². The highest BCUT2D eigenvalue weighted by Crippen LogP contribution is 2.27. The lowest BCUT2D eigenvalue weighted by Crippen LogP contribution is -2.49. The van der Waals surface area contributed by atoms with Gasteiger partial charge in [-0.3, -0.25) is 9.88 Å². The van der Waals surface area contributed by atoms with E-state index in [2.05, 4.69) is 45.0 Å². The Morgan fingerprint density at radius 3 is 2.53 bits per heavy atom. The number of nitrogens with one attached hydrogen (secondary N) is 2. The molecule has 2 unspecified atom stereocenters. The first-order chi connectivity index (χ1) is 17.4. The summed E-state index contributed by atoms with van der Waals surface area (Å²) >= 11 is 0. The SMILES string of the molecule is CCN1CC(CNc2cc(C)nc3ccccc23)CCC1CNS(=O)(=O)c1cccc2ccccc12. The fourth-order valence-corrected chi connectivity index (χ4v) is 6.69. The molecule has 2 atom stereocenters. The van der Waals surface area contributed by atoms with Crippen LogP contribution in [0.4, 0.5) is 5.69 Å². The number of rotatable bonds is 8. The molecule has 1 fully saturated rings. The minimum Gasteiger partial charge on any atom is -0.384 e. The molecule has 2 heterocycles. The van der Waals surface area contributed by atoms with Crippen LogP contribution < -0.4 is 10.0 Å². The highest BCUT2D eigenvalue weighted by atomic mass is 32.2. The van der Waals surface area contributed by atoms with Crippen LogP contribution in [0.3, 0.4) is 0 Å². The molecule has 1 aliphatic rings. The number of sulfonamides is 1. The first-order valence-electron chi connectivity index (χ1n) is 12.8. The van der Waals surface area contributed by atoms with Crippen LogP contribution >= 0.6 is 0 Å². The van der Waals surface area contributed by atoms with E-state index in [0.29, 0.717) is 17.4 Å². The van der Waals surface area contributed by atoms with E-state index < -0.39 is 10.0 Å². The van der Waals surface area contributed by atoms with Crippen molar-refractivity contribution in [1.29, 1.82) is 0 Å². The van der Waals surface area contributed by atoms with Crippen molar-refractivity contribution in [2.24, 2.45) is 5.92 Å². The first kappa shape index (κ1) is 24.7. The van der Waals surface area contributed by atoms with Crippen molar-refractivity contribution in [3.63, 3.8) is 0 Å². The normalized spacial score (nSPS) is 19.1. The molecule has 5 rings (SSSR count). The van der Waals surface area contributed by atoms with Gasteiger partial charge in [0.2, 0.25) is 10.0 Å². The van der Waals surface area contributed by atoms with Gasteiger partial charge in [0.05, 0.1) is 10.4 Å². The Labute approximate surface area is 213 Å². The summed E-state index contributed by atoms with van der Waals surface area (Å²) in [6.45, 7) is 7.34. The second-order valence-electron chi connectivity index (χ2n) is 9.72. The van der Waals surface area contributed by atoms with Gasteiger partial charge in [-0.25, -0.2) is 13.1 Å². The van der Waals surface area contributed by atoms with Crippen LogP contribution in [0.15, 0.2) is 77.7 Å². The summed E-state index contributed by atoms with van der Waals surface area (Å²) in [6.07, 6.45) is 2.03. The number of hydrogen-bond donors (Lipinski definition) is 2. The van der Waals surface area contributed by atoms with Gasteiger partial charge in [-0.15, -0.1) is 0 Å². The first-order valence-corrected chi connectivity index (χ1v) is 14.2. The van der Waals surface area contributed by atoms with Crippen molar-refractivity contribution in [3.8, 4) is 0 Å². The molecule has 6 nitrogen and oxygen atoms in total. The number of likely N-dealkylation sites (N-methyl/N-ethyl adjacent to an activating group) is 1. The second kappa shape index (κ2) is 10.5. The van der Waals surface area contributed by atoms with E-state index in [1.807, 2.05) is 49.4 Å². The summed E-state index contributed by atoms with van der Waals surface area (Å²) in [4.78, 5) is 7.40. The summed E-state index contributed by atoms with van der Waals surface area (Å²) in [5, 5.41) is 6.51. The Hall–Kier alpha value is -3.00. The molecule has 0 radical (unpaired) electrons. The van der Waals surface area contributed by atoms with Gasteiger partial charge in [0.1, 0.15) is 0 Å². The summed E-state index contributed by atoms with van der Waals surface area (Å²) in [5.41, 5.74) is 3.15. The van der Waals surface area contributed by atoms with Crippen LogP contribution in [0, 0.1) is 12.8 Å². The third-order valence-corrected chi connectivity index (χ3v) is 8.78. The maximum absolute atomic E-state index is 13.2. The van der Waals surface area contributed by atoms with Crippen molar-refractivity contribution >= 4 is 37.4 Å². The predicted molar refractivity (Wildman–Crippen MR) is 148 cm³/mol. The lowest BCUT2D eigenvalue weighted by Gasteiger charge is -2.39. The largest absolute Gasteiger partial charge is 0.384 e. The fraction of sp³-hybridized carbons (Fsp3) is 0.345. The maximum atomic E-state index is 13.2. The number of piperidine rings is 1. The summed E-state index contributed by atoms with van der Waals surface area (Å²) in [5.74, 6) is 0.503. The topological polar surface area (TPSA) is 74.3 Å². The Kier molecular flexibility index (Phi) is 7.23. The van der Waals surface area contributed by atoms with Crippen LogP contribution in [0.25, 0.3) is 21.7 Å². The van der Waals surface area contributed by atoms with E-state index in [1.165, 1.54) is 0 Å². The molecule has 0 amide bonds. The summed E-state index contributed by atoms with van der Waals surface area (Å²) in [6, 6.07) is 23.6. The molecule has 0 spiro atoms. The van der Waals surface area contributed by atoms with Crippen LogP contribution in [0.5, 0.6) is 0 Å². The molecule has 2 N–H and O–H groups in total. The van der Waals surface area contributed by atoms with Crippen LogP contribution in [0.1, 0.15) is 25.5 Å². The van der Waals surface area contributed by atoms with Crippen molar-refractivity contribution in [1.82, 2.24) is 14.6 Å². The molecule has 188 valence electrons. The minimum atomic E-state index is -3.60. The number of aryl methyl sites for hydroxylation is 1. The zero-order valence-corrected chi connectivity index (χ0v) is 21.8. The van der Waals surface area contributed by atoms with E-state index in [1.54, 1.807) is 12.1 Å². The van der Waals surface area contributed by atoms with E-state index >= 15 is 0 Å². The smallest absolute Gasteiger partial charge is 0.241 e. The second-order valence-corrected chi connectivity index (χ2v) is 11.5. The summed E-state index contributed by atoms with van der Waals surface area (Å²) in [7, 11) is -3.60. The number of fused-ring (bicyclic) bond motifs is 2. The molecule has 7 heteroatoms. The molecular weight excluding hydrogens is 468 g/mol. The molecule has 1 aliphatic heterocycles. The number of benzene rings is 3. The minimum absolute atomic E-state index is 0.194. The lowest BCUT2D eigenvalue weighted by molar-refractivity contribution is 0.120. The molecule has 1 aromatic heterocycles. The third kappa shape index (κ3) is 5.24. The Balaban J connectivity index is 1.22. The fourth-order valence-electron chi connectivity index (χ4n) is 5.39. The Morgan fingerprint density at radius 2 is 1.69 bits per heavy atom. The average molecular weight is 503 g/mol. The molecule has 0 saturated carbocycles. The van der Waals surface area contributed by atoms with Crippen molar-refractivity contribution < 1.29 is 8.42 Å². The molecule has 0 aliphatic carbocycles. The molecular formula is C29H34N4O2S. The Bertz CT molecular complexity index is 1470. The van der Waals surface area contributed by atoms with E-state index in [0.717, 1.165) is 65.5 Å². The Morgan fingerprint density at radius 1 is 0.944 bits per heavy atom. The van der Waals surface area contributed by atoms with Gasteiger partial charge < -0.3 is 5.32 Å². The number of anilines is 1. The van der Waals surface area contributed by atoms with Crippen LogP contribution in [-0.4, -0.2) is 50.5 Å². The van der Waals surface area contributed by atoms with E-state index in [-0.39, 0.29) is 6.04 Å². The van der Waals surface area contributed by atoms with Gasteiger partial charge in [-0.1, -0.05) is 61.5 Å². The lowest BCUT2D eigenvalue weighted by atomic mass is 9.92.